The number of fused-ring (bicyclic) bond motifs is 1. The summed E-state index contributed by atoms with van der Waals surface area (Å²) in [4.78, 5) is 10.8. The SMILES string of the molecule is CC.O=C1OCc2ccccc21. The Bertz CT molecular complexity index is 279. The number of benzene rings is 1. The molecule has 12 heavy (non-hydrogen) atoms. The maximum absolute atomic E-state index is 10.8. The van der Waals surface area contributed by atoms with Gasteiger partial charge >= 0.3 is 5.97 Å². The Morgan fingerprint density at radius 3 is 2.58 bits per heavy atom. The summed E-state index contributed by atoms with van der Waals surface area (Å²) in [6.07, 6.45) is 0. The third kappa shape index (κ3) is 1.47. The average molecular weight is 164 g/mol. The van der Waals surface area contributed by atoms with Gasteiger partial charge in [-0.2, -0.15) is 0 Å². The van der Waals surface area contributed by atoms with E-state index in [2.05, 4.69) is 0 Å². The second-order valence-electron chi connectivity index (χ2n) is 2.23. The largest absolute Gasteiger partial charge is 0.457 e. The summed E-state index contributed by atoms with van der Waals surface area (Å²) in [7, 11) is 0. The summed E-state index contributed by atoms with van der Waals surface area (Å²) in [6, 6.07) is 7.43. The van der Waals surface area contributed by atoms with Crippen LogP contribution in [-0.2, 0) is 11.3 Å². The number of rotatable bonds is 0. The molecule has 1 aromatic carbocycles. The van der Waals surface area contributed by atoms with Gasteiger partial charge in [0, 0.05) is 5.56 Å². The number of ether oxygens (including phenoxy) is 1. The second-order valence-corrected chi connectivity index (χ2v) is 2.23. The molecule has 0 saturated heterocycles. The van der Waals surface area contributed by atoms with Gasteiger partial charge in [-0.15, -0.1) is 0 Å². The van der Waals surface area contributed by atoms with Gasteiger partial charge in [0.15, 0.2) is 0 Å². The summed E-state index contributed by atoms with van der Waals surface area (Å²) in [6.45, 7) is 4.44. The molecule has 0 unspecified atom stereocenters. The Morgan fingerprint density at radius 2 is 1.92 bits per heavy atom. The van der Waals surface area contributed by atoms with Crippen molar-refractivity contribution in [3.63, 3.8) is 0 Å². The van der Waals surface area contributed by atoms with E-state index in [9.17, 15) is 4.79 Å². The Balaban J connectivity index is 0.000000336. The van der Waals surface area contributed by atoms with Gasteiger partial charge in [0.05, 0.1) is 5.56 Å². The van der Waals surface area contributed by atoms with Crippen LogP contribution in [0.25, 0.3) is 0 Å². The smallest absolute Gasteiger partial charge is 0.338 e. The van der Waals surface area contributed by atoms with Crippen molar-refractivity contribution in [2.75, 3.05) is 0 Å². The van der Waals surface area contributed by atoms with Crippen LogP contribution in [0.5, 0.6) is 0 Å². The number of carbonyl (C=O) groups is 1. The minimum absolute atomic E-state index is 0.199. The molecular formula is C10H12O2. The zero-order chi connectivity index (χ0) is 8.97. The molecular weight excluding hydrogens is 152 g/mol. The van der Waals surface area contributed by atoms with Crippen LogP contribution in [0.1, 0.15) is 29.8 Å². The quantitative estimate of drug-likeness (QED) is 0.550. The van der Waals surface area contributed by atoms with Crippen LogP contribution in [0.4, 0.5) is 0 Å². The second kappa shape index (κ2) is 3.90. The normalized spacial score (nSPS) is 12.7. The summed E-state index contributed by atoms with van der Waals surface area (Å²) < 4.78 is 4.78. The molecule has 2 heteroatoms. The molecule has 1 aliphatic rings. The lowest BCUT2D eigenvalue weighted by atomic mass is 10.1. The van der Waals surface area contributed by atoms with E-state index in [4.69, 9.17) is 4.74 Å². The zero-order valence-corrected chi connectivity index (χ0v) is 7.33. The number of hydrogen-bond acceptors (Lipinski definition) is 2. The fourth-order valence-electron chi connectivity index (χ4n) is 1.07. The highest BCUT2D eigenvalue weighted by Gasteiger charge is 2.18. The first kappa shape index (κ1) is 8.78. The molecule has 0 saturated carbocycles. The van der Waals surface area contributed by atoms with Gasteiger partial charge < -0.3 is 4.74 Å². The molecule has 0 radical (unpaired) electrons. The fourth-order valence-corrected chi connectivity index (χ4v) is 1.07. The van der Waals surface area contributed by atoms with Crippen molar-refractivity contribution in [1.82, 2.24) is 0 Å². The number of esters is 1. The minimum atomic E-state index is -0.199. The van der Waals surface area contributed by atoms with Gasteiger partial charge in [-0.3, -0.25) is 0 Å². The Morgan fingerprint density at radius 1 is 1.25 bits per heavy atom. The molecule has 0 amide bonds. The molecule has 1 aromatic rings. The minimum Gasteiger partial charge on any atom is -0.457 e. The lowest BCUT2D eigenvalue weighted by Gasteiger charge is -1.87. The van der Waals surface area contributed by atoms with Gasteiger partial charge in [-0.05, 0) is 6.07 Å². The number of cyclic esters (lactones) is 1. The molecule has 0 atom stereocenters. The monoisotopic (exact) mass is 164 g/mol. The van der Waals surface area contributed by atoms with Crippen LogP contribution in [0, 0.1) is 0 Å². The van der Waals surface area contributed by atoms with Crippen molar-refractivity contribution in [3.8, 4) is 0 Å². The van der Waals surface area contributed by atoms with Crippen molar-refractivity contribution in [2.24, 2.45) is 0 Å². The van der Waals surface area contributed by atoms with Crippen molar-refractivity contribution in [3.05, 3.63) is 35.4 Å². The molecule has 0 aliphatic carbocycles. The first-order valence-electron chi connectivity index (χ1n) is 4.13. The molecule has 0 aromatic heterocycles. The molecule has 2 rings (SSSR count). The van der Waals surface area contributed by atoms with Crippen LogP contribution in [0.15, 0.2) is 24.3 Å². The standard InChI is InChI=1S/C8H6O2.C2H6/c9-8-7-4-2-1-3-6(7)5-10-8;1-2/h1-4H,5H2;1-2H3. The van der Waals surface area contributed by atoms with E-state index in [1.165, 1.54) is 0 Å². The number of carbonyl (C=O) groups excluding carboxylic acids is 1. The highest BCUT2D eigenvalue weighted by Crippen LogP contribution is 2.17. The van der Waals surface area contributed by atoms with E-state index in [0.29, 0.717) is 12.2 Å². The van der Waals surface area contributed by atoms with Crippen LogP contribution < -0.4 is 0 Å². The predicted octanol–water partition coefficient (Wildman–Crippen LogP) is 2.38. The molecule has 64 valence electrons. The fraction of sp³-hybridized carbons (Fsp3) is 0.300. The summed E-state index contributed by atoms with van der Waals surface area (Å²) >= 11 is 0. The van der Waals surface area contributed by atoms with E-state index in [0.717, 1.165) is 5.56 Å². The van der Waals surface area contributed by atoms with Crippen LogP contribution in [-0.4, -0.2) is 5.97 Å². The molecule has 1 aliphatic heterocycles. The highest BCUT2D eigenvalue weighted by molar-refractivity contribution is 5.93. The Hall–Kier alpha value is -1.31. The van der Waals surface area contributed by atoms with E-state index >= 15 is 0 Å². The highest BCUT2D eigenvalue weighted by atomic mass is 16.5. The van der Waals surface area contributed by atoms with Crippen LogP contribution in [0.2, 0.25) is 0 Å². The van der Waals surface area contributed by atoms with Gasteiger partial charge in [0.2, 0.25) is 0 Å². The van der Waals surface area contributed by atoms with E-state index in [1.807, 2.05) is 32.0 Å². The van der Waals surface area contributed by atoms with Crippen molar-refractivity contribution in [1.29, 1.82) is 0 Å². The first-order valence-corrected chi connectivity index (χ1v) is 4.13. The molecule has 0 bridgehead atoms. The van der Waals surface area contributed by atoms with Crippen LogP contribution >= 0.6 is 0 Å². The predicted molar refractivity (Wildman–Crippen MR) is 46.9 cm³/mol. The van der Waals surface area contributed by atoms with Gasteiger partial charge in [-0.1, -0.05) is 32.0 Å². The summed E-state index contributed by atoms with van der Waals surface area (Å²) in [5.74, 6) is -0.199. The lowest BCUT2D eigenvalue weighted by molar-refractivity contribution is 0.0535. The molecule has 0 fully saturated rings. The molecule has 0 N–H and O–H groups in total. The van der Waals surface area contributed by atoms with Crippen molar-refractivity contribution < 1.29 is 9.53 Å². The third-order valence-electron chi connectivity index (χ3n) is 1.60. The molecule has 2 nitrogen and oxygen atoms in total. The first-order chi connectivity index (χ1) is 5.88. The lowest BCUT2D eigenvalue weighted by Crippen LogP contribution is -1.91. The van der Waals surface area contributed by atoms with Crippen molar-refractivity contribution >= 4 is 5.97 Å². The topological polar surface area (TPSA) is 26.3 Å². The Labute approximate surface area is 72.2 Å². The number of hydrogen-bond donors (Lipinski definition) is 0. The van der Waals surface area contributed by atoms with Gasteiger partial charge in [0.25, 0.3) is 0 Å². The van der Waals surface area contributed by atoms with E-state index < -0.39 is 0 Å². The molecule has 1 heterocycles. The average Bonchev–Trinajstić information content (AvgIpc) is 2.53. The summed E-state index contributed by atoms with van der Waals surface area (Å²) in [5.41, 5.74) is 1.70. The maximum Gasteiger partial charge on any atom is 0.338 e. The Kier molecular flexibility index (Phi) is 2.86. The van der Waals surface area contributed by atoms with E-state index in [-0.39, 0.29) is 5.97 Å². The molecule has 0 spiro atoms. The van der Waals surface area contributed by atoms with Crippen molar-refractivity contribution in [2.45, 2.75) is 20.5 Å². The van der Waals surface area contributed by atoms with Gasteiger partial charge in [-0.25, -0.2) is 4.79 Å². The van der Waals surface area contributed by atoms with E-state index in [1.54, 1.807) is 6.07 Å². The third-order valence-corrected chi connectivity index (χ3v) is 1.60. The maximum atomic E-state index is 10.8. The zero-order valence-electron chi connectivity index (χ0n) is 7.33. The van der Waals surface area contributed by atoms with Crippen LogP contribution in [0.3, 0.4) is 0 Å². The summed E-state index contributed by atoms with van der Waals surface area (Å²) in [5, 5.41) is 0. The van der Waals surface area contributed by atoms with Gasteiger partial charge in [0.1, 0.15) is 6.61 Å².